The Bertz CT molecular complexity index is 846. The highest BCUT2D eigenvalue weighted by Gasteiger charge is 2.45. The van der Waals surface area contributed by atoms with E-state index in [2.05, 4.69) is 33.2 Å². The number of fused-ring (bicyclic) bond motifs is 1. The van der Waals surface area contributed by atoms with Gasteiger partial charge in [-0.05, 0) is 43.7 Å². The summed E-state index contributed by atoms with van der Waals surface area (Å²) in [5.41, 5.74) is 5.16. The van der Waals surface area contributed by atoms with Crippen molar-refractivity contribution in [2.24, 2.45) is 10.4 Å². The molecule has 2 aliphatic carbocycles. The summed E-state index contributed by atoms with van der Waals surface area (Å²) in [7, 11) is 1.78. The molecule has 5 nitrogen and oxygen atoms in total. The van der Waals surface area contributed by atoms with E-state index in [0.717, 1.165) is 54.6 Å². The van der Waals surface area contributed by atoms with Gasteiger partial charge in [0.05, 0.1) is 23.7 Å². The average molecular weight is 332 g/mol. The molecule has 1 aromatic carbocycles. The van der Waals surface area contributed by atoms with Crippen LogP contribution in [0, 0.1) is 16.9 Å². The van der Waals surface area contributed by atoms with E-state index in [0.29, 0.717) is 6.10 Å². The van der Waals surface area contributed by atoms with Crippen LogP contribution >= 0.6 is 0 Å². The molecule has 25 heavy (non-hydrogen) atoms. The summed E-state index contributed by atoms with van der Waals surface area (Å²) in [5.74, 6) is 0. The van der Waals surface area contributed by atoms with Crippen molar-refractivity contribution in [1.29, 1.82) is 5.26 Å². The smallest absolute Gasteiger partial charge is 0.205 e. The Hall–Kier alpha value is -2.58. The number of ether oxygens (including phenoxy) is 1. The van der Waals surface area contributed by atoms with Gasteiger partial charge in [-0.25, -0.2) is 0 Å². The maximum atomic E-state index is 9.27. The van der Waals surface area contributed by atoms with Gasteiger partial charge in [0.2, 0.25) is 6.19 Å². The zero-order valence-corrected chi connectivity index (χ0v) is 14.3. The summed E-state index contributed by atoms with van der Waals surface area (Å²) in [6, 6.07) is 6.36. The molecule has 2 aliphatic rings. The highest BCUT2D eigenvalue weighted by atomic mass is 16.5. The fraction of sp³-hybridized carbons (Fsp3) is 0.400. The van der Waals surface area contributed by atoms with Crippen LogP contribution in [0.1, 0.15) is 36.8 Å². The van der Waals surface area contributed by atoms with E-state index < -0.39 is 0 Å². The number of hydrogen-bond acceptors (Lipinski definition) is 5. The topological polar surface area (TPSA) is 71.2 Å². The Labute approximate surface area is 147 Å². The Kier molecular flexibility index (Phi) is 4.06. The quantitative estimate of drug-likeness (QED) is 0.789. The Balaban J connectivity index is 1.74. The lowest BCUT2D eigenvalue weighted by atomic mass is 9.70. The van der Waals surface area contributed by atoms with E-state index >= 15 is 0 Å². The summed E-state index contributed by atoms with van der Waals surface area (Å²) in [5, 5.41) is 9.27. The van der Waals surface area contributed by atoms with Gasteiger partial charge in [-0.3, -0.25) is 9.97 Å². The number of benzene rings is 1. The van der Waals surface area contributed by atoms with Gasteiger partial charge in [-0.2, -0.15) is 10.3 Å². The molecular weight excluding hydrogens is 312 g/mol. The first-order valence-corrected chi connectivity index (χ1v) is 8.65. The normalized spacial score (nSPS) is 26.6. The van der Waals surface area contributed by atoms with Crippen LogP contribution in [0.15, 0.2) is 41.8 Å². The molecule has 1 heterocycles. The maximum absolute atomic E-state index is 9.27. The van der Waals surface area contributed by atoms with Crippen molar-refractivity contribution in [3.8, 4) is 17.5 Å². The molecule has 1 fully saturated rings. The van der Waals surface area contributed by atoms with Crippen molar-refractivity contribution in [3.05, 3.63) is 47.9 Å². The molecule has 0 amide bonds. The Morgan fingerprint density at radius 3 is 2.80 bits per heavy atom. The van der Waals surface area contributed by atoms with Crippen molar-refractivity contribution in [1.82, 2.24) is 9.97 Å². The molecule has 2 aromatic rings. The molecule has 4 rings (SSSR count). The first kappa shape index (κ1) is 15.9. The molecule has 0 aliphatic heterocycles. The fourth-order valence-corrected chi connectivity index (χ4v) is 4.31. The summed E-state index contributed by atoms with van der Waals surface area (Å²) in [4.78, 5) is 12.8. The van der Waals surface area contributed by atoms with Crippen LogP contribution in [0.2, 0.25) is 0 Å². The highest BCUT2D eigenvalue weighted by Crippen LogP contribution is 2.48. The first-order chi connectivity index (χ1) is 12.3. The van der Waals surface area contributed by atoms with Crippen LogP contribution in [0.5, 0.6) is 0 Å². The molecule has 0 saturated heterocycles. The summed E-state index contributed by atoms with van der Waals surface area (Å²) >= 11 is 0. The number of methoxy groups -OCH3 is 1. The van der Waals surface area contributed by atoms with Crippen LogP contribution < -0.4 is 0 Å². The van der Waals surface area contributed by atoms with E-state index in [1.807, 2.05) is 6.19 Å². The second-order valence-corrected chi connectivity index (χ2v) is 6.92. The van der Waals surface area contributed by atoms with E-state index in [1.54, 1.807) is 25.7 Å². The summed E-state index contributed by atoms with van der Waals surface area (Å²) < 4.78 is 5.52. The van der Waals surface area contributed by atoms with Crippen LogP contribution in [0.25, 0.3) is 11.3 Å². The Morgan fingerprint density at radius 1 is 1.28 bits per heavy atom. The van der Waals surface area contributed by atoms with Gasteiger partial charge in [0.1, 0.15) is 0 Å². The van der Waals surface area contributed by atoms with Gasteiger partial charge in [0.25, 0.3) is 0 Å². The molecule has 0 unspecified atom stereocenters. The molecular formula is C20H20N4O. The standard InChI is InChI=1S/C20H20N4O/c1-25-16-4-6-20(7-5-16)11-15-3-2-14(18-12-22-8-9-23-18)10-17(15)19(20)24-13-21/h2-3,8-10,12,16H,4-7,11H2,1H3/b24-19-. The van der Waals surface area contributed by atoms with Gasteiger partial charge in [0, 0.05) is 36.0 Å². The van der Waals surface area contributed by atoms with Crippen LogP contribution in [-0.4, -0.2) is 28.9 Å². The lowest BCUT2D eigenvalue weighted by Gasteiger charge is -2.36. The number of aliphatic imine (C=N–C) groups is 1. The molecule has 1 saturated carbocycles. The number of aromatic nitrogens is 2. The van der Waals surface area contributed by atoms with E-state index in [9.17, 15) is 5.26 Å². The second kappa shape index (κ2) is 6.38. The monoisotopic (exact) mass is 332 g/mol. The highest BCUT2D eigenvalue weighted by molar-refractivity contribution is 6.10. The predicted molar refractivity (Wildman–Crippen MR) is 95.0 cm³/mol. The van der Waals surface area contributed by atoms with Gasteiger partial charge in [0.15, 0.2) is 0 Å². The van der Waals surface area contributed by atoms with Gasteiger partial charge < -0.3 is 4.74 Å². The first-order valence-electron chi connectivity index (χ1n) is 8.65. The van der Waals surface area contributed by atoms with Crippen molar-refractivity contribution in [2.45, 2.75) is 38.2 Å². The minimum absolute atomic E-state index is 0.0198. The molecule has 0 radical (unpaired) electrons. The van der Waals surface area contributed by atoms with E-state index in [4.69, 9.17) is 4.74 Å². The van der Waals surface area contributed by atoms with Crippen molar-refractivity contribution < 1.29 is 4.74 Å². The van der Waals surface area contributed by atoms with Gasteiger partial charge in [-0.15, -0.1) is 0 Å². The van der Waals surface area contributed by atoms with Crippen molar-refractivity contribution in [2.75, 3.05) is 7.11 Å². The number of hydrogen-bond donors (Lipinski definition) is 0. The average Bonchev–Trinajstić information content (AvgIpc) is 2.96. The molecule has 1 aromatic heterocycles. The number of nitriles is 1. The third-order valence-corrected chi connectivity index (χ3v) is 5.64. The predicted octanol–water partition coefficient (Wildman–Crippen LogP) is 3.55. The summed E-state index contributed by atoms with van der Waals surface area (Å²) in [6.07, 6.45) is 12.5. The zero-order chi connectivity index (χ0) is 17.3. The van der Waals surface area contributed by atoms with Crippen molar-refractivity contribution >= 4 is 5.71 Å². The molecule has 0 N–H and O–H groups in total. The molecule has 0 atom stereocenters. The van der Waals surface area contributed by atoms with Gasteiger partial charge in [-0.1, -0.05) is 12.1 Å². The fourth-order valence-electron chi connectivity index (χ4n) is 4.31. The number of rotatable bonds is 2. The largest absolute Gasteiger partial charge is 0.381 e. The Morgan fingerprint density at radius 2 is 2.12 bits per heavy atom. The van der Waals surface area contributed by atoms with Gasteiger partial charge >= 0.3 is 0 Å². The molecule has 5 heteroatoms. The molecule has 1 spiro atoms. The minimum Gasteiger partial charge on any atom is -0.381 e. The van der Waals surface area contributed by atoms with Crippen LogP contribution in [0.3, 0.4) is 0 Å². The van der Waals surface area contributed by atoms with E-state index in [-0.39, 0.29) is 5.41 Å². The van der Waals surface area contributed by atoms with Crippen molar-refractivity contribution in [3.63, 3.8) is 0 Å². The van der Waals surface area contributed by atoms with Crippen LogP contribution in [-0.2, 0) is 11.2 Å². The number of nitrogens with zero attached hydrogens (tertiary/aromatic N) is 4. The second-order valence-electron chi connectivity index (χ2n) is 6.92. The SMILES string of the molecule is COC1CCC2(CC1)Cc1ccc(-c3cnccn3)cc1/C2=N/C#N. The third kappa shape index (κ3) is 2.73. The summed E-state index contributed by atoms with van der Waals surface area (Å²) in [6.45, 7) is 0. The lowest BCUT2D eigenvalue weighted by Crippen LogP contribution is -2.35. The van der Waals surface area contributed by atoms with Crippen LogP contribution in [0.4, 0.5) is 0 Å². The lowest BCUT2D eigenvalue weighted by molar-refractivity contribution is 0.0468. The minimum atomic E-state index is -0.0198. The zero-order valence-electron chi connectivity index (χ0n) is 14.3. The van der Waals surface area contributed by atoms with E-state index in [1.165, 1.54) is 5.56 Å². The third-order valence-electron chi connectivity index (χ3n) is 5.64. The molecule has 0 bridgehead atoms. The maximum Gasteiger partial charge on any atom is 0.205 e. The molecule has 126 valence electrons.